The van der Waals surface area contributed by atoms with Gasteiger partial charge in [-0.25, -0.2) is 0 Å². The average molecular weight is 190 g/mol. The molecule has 4 heteroatoms. The van der Waals surface area contributed by atoms with Crippen LogP contribution in [0.3, 0.4) is 0 Å². The van der Waals surface area contributed by atoms with Gasteiger partial charge in [-0.15, -0.1) is 0 Å². The molecule has 0 fully saturated rings. The van der Waals surface area contributed by atoms with Gasteiger partial charge in [0.25, 0.3) is 0 Å². The number of aromatic nitrogens is 1. The summed E-state index contributed by atoms with van der Waals surface area (Å²) in [5, 5.41) is 3.23. The molecule has 0 aromatic carbocycles. The van der Waals surface area contributed by atoms with Gasteiger partial charge in [0.1, 0.15) is 0 Å². The van der Waals surface area contributed by atoms with Crippen LogP contribution in [0.1, 0.15) is 5.56 Å². The van der Waals surface area contributed by atoms with Crippen LogP contribution in [0.4, 0.5) is 5.69 Å². The molecule has 0 bridgehead atoms. The van der Waals surface area contributed by atoms with Crippen LogP contribution < -0.4 is 16.8 Å². The van der Waals surface area contributed by atoms with Crippen molar-refractivity contribution in [3.8, 4) is 0 Å². The third-order valence-electron chi connectivity index (χ3n) is 2.31. The molecule has 1 atom stereocenters. The molecule has 1 aromatic rings. The van der Waals surface area contributed by atoms with Crippen molar-refractivity contribution in [2.45, 2.75) is 6.04 Å². The maximum absolute atomic E-state index is 5.85. The quantitative estimate of drug-likeness (QED) is 0.581. The fourth-order valence-electron chi connectivity index (χ4n) is 1.61. The Balaban J connectivity index is 2.35. The van der Waals surface area contributed by atoms with Crippen LogP contribution in [0.2, 0.25) is 0 Å². The fourth-order valence-corrected chi connectivity index (χ4v) is 1.61. The Bertz CT molecular complexity index is 359. The largest absolute Gasteiger partial charge is 0.398 e. The second kappa shape index (κ2) is 3.77. The van der Waals surface area contributed by atoms with E-state index in [1.807, 2.05) is 6.08 Å². The lowest BCUT2D eigenvalue weighted by atomic mass is 10.0. The molecule has 1 unspecified atom stereocenters. The Morgan fingerprint density at radius 2 is 2.36 bits per heavy atom. The van der Waals surface area contributed by atoms with Crippen molar-refractivity contribution in [1.82, 2.24) is 10.3 Å². The van der Waals surface area contributed by atoms with E-state index in [0.29, 0.717) is 0 Å². The number of anilines is 1. The minimum atomic E-state index is 0.0679. The number of nitrogens with one attached hydrogen (secondary N) is 1. The number of nitrogens with two attached hydrogens (primary N) is 2. The van der Waals surface area contributed by atoms with Crippen molar-refractivity contribution < 1.29 is 0 Å². The molecule has 74 valence electrons. The monoisotopic (exact) mass is 190 g/mol. The summed E-state index contributed by atoms with van der Waals surface area (Å²) in [5.41, 5.74) is 14.5. The van der Waals surface area contributed by atoms with E-state index in [9.17, 15) is 0 Å². The molecule has 0 aliphatic carbocycles. The molecular formula is C10H14N4. The van der Waals surface area contributed by atoms with Gasteiger partial charge in [0.15, 0.2) is 0 Å². The van der Waals surface area contributed by atoms with E-state index in [1.165, 1.54) is 0 Å². The molecule has 4 nitrogen and oxygen atoms in total. The second-order valence-electron chi connectivity index (χ2n) is 3.45. The molecule has 1 aromatic heterocycles. The third-order valence-corrected chi connectivity index (χ3v) is 2.31. The van der Waals surface area contributed by atoms with Gasteiger partial charge in [0.2, 0.25) is 0 Å². The summed E-state index contributed by atoms with van der Waals surface area (Å²) >= 11 is 0. The Morgan fingerprint density at radius 3 is 3.07 bits per heavy atom. The summed E-state index contributed by atoms with van der Waals surface area (Å²) in [6.45, 7) is 1.63. The molecule has 2 heterocycles. The molecule has 0 saturated carbocycles. The van der Waals surface area contributed by atoms with Crippen LogP contribution in [0, 0.1) is 0 Å². The fraction of sp³-hybridized carbons (Fsp3) is 0.300. The van der Waals surface area contributed by atoms with Crippen LogP contribution in [0.25, 0.3) is 5.57 Å². The van der Waals surface area contributed by atoms with Gasteiger partial charge in [-0.05, 0) is 11.6 Å². The van der Waals surface area contributed by atoms with Crippen molar-refractivity contribution in [3.05, 3.63) is 30.1 Å². The molecule has 14 heavy (non-hydrogen) atoms. The van der Waals surface area contributed by atoms with Crippen molar-refractivity contribution in [2.24, 2.45) is 5.73 Å². The SMILES string of the molecule is Nc1ccncc1C1=CC(N)CNC1. The number of hydrogen-bond acceptors (Lipinski definition) is 4. The first-order valence-electron chi connectivity index (χ1n) is 4.64. The lowest BCUT2D eigenvalue weighted by molar-refractivity contribution is 0.663. The van der Waals surface area contributed by atoms with E-state index in [-0.39, 0.29) is 6.04 Å². The molecule has 5 N–H and O–H groups in total. The van der Waals surface area contributed by atoms with Gasteiger partial charge in [0.05, 0.1) is 0 Å². The maximum Gasteiger partial charge on any atom is 0.0421 e. The predicted octanol–water partition coefficient (Wildman–Crippen LogP) is -0.0223. The van der Waals surface area contributed by atoms with Crippen LogP contribution in [-0.4, -0.2) is 24.1 Å². The Kier molecular flexibility index (Phi) is 2.47. The standard InChI is InChI=1S/C10H14N4/c11-8-3-7(4-14-5-8)9-6-13-2-1-10(9)12/h1-3,6,8,14H,4-5,11H2,(H2,12,13). The lowest BCUT2D eigenvalue weighted by Gasteiger charge is -2.19. The zero-order valence-corrected chi connectivity index (χ0v) is 7.90. The van der Waals surface area contributed by atoms with Gasteiger partial charge in [-0.1, -0.05) is 6.08 Å². The molecule has 0 amide bonds. The van der Waals surface area contributed by atoms with Crippen LogP contribution in [0.15, 0.2) is 24.5 Å². The Labute approximate surface area is 83.0 Å². The highest BCUT2D eigenvalue weighted by Crippen LogP contribution is 2.21. The highest BCUT2D eigenvalue weighted by molar-refractivity contribution is 5.76. The van der Waals surface area contributed by atoms with Crippen molar-refractivity contribution in [3.63, 3.8) is 0 Å². The van der Waals surface area contributed by atoms with Gasteiger partial charge >= 0.3 is 0 Å². The zero-order chi connectivity index (χ0) is 9.97. The average Bonchev–Trinajstić information content (AvgIpc) is 2.18. The molecule has 2 rings (SSSR count). The van der Waals surface area contributed by atoms with Crippen LogP contribution >= 0.6 is 0 Å². The normalized spacial score (nSPS) is 21.8. The number of nitrogens with zero attached hydrogens (tertiary/aromatic N) is 1. The molecule has 0 spiro atoms. The van der Waals surface area contributed by atoms with E-state index in [0.717, 1.165) is 29.9 Å². The first kappa shape index (κ1) is 9.18. The number of rotatable bonds is 1. The van der Waals surface area contributed by atoms with E-state index >= 15 is 0 Å². The first-order chi connectivity index (χ1) is 6.77. The molecule has 0 radical (unpaired) electrons. The smallest absolute Gasteiger partial charge is 0.0421 e. The van der Waals surface area contributed by atoms with E-state index < -0.39 is 0 Å². The zero-order valence-electron chi connectivity index (χ0n) is 7.90. The maximum atomic E-state index is 5.85. The minimum absolute atomic E-state index is 0.0679. The summed E-state index contributed by atoms with van der Waals surface area (Å²) in [6.07, 6.45) is 5.51. The first-order valence-corrected chi connectivity index (χ1v) is 4.64. The van der Waals surface area contributed by atoms with E-state index in [4.69, 9.17) is 11.5 Å². The van der Waals surface area contributed by atoms with Crippen LogP contribution in [-0.2, 0) is 0 Å². The predicted molar refractivity (Wildman–Crippen MR) is 57.5 cm³/mol. The summed E-state index contributed by atoms with van der Waals surface area (Å²) < 4.78 is 0. The molecular weight excluding hydrogens is 176 g/mol. The topological polar surface area (TPSA) is 77.0 Å². The second-order valence-corrected chi connectivity index (χ2v) is 3.45. The Hall–Kier alpha value is -1.39. The van der Waals surface area contributed by atoms with Crippen molar-refractivity contribution in [2.75, 3.05) is 18.8 Å². The number of hydrogen-bond donors (Lipinski definition) is 3. The van der Waals surface area contributed by atoms with Crippen molar-refractivity contribution in [1.29, 1.82) is 0 Å². The summed E-state index contributed by atoms with van der Waals surface area (Å²) in [6, 6.07) is 1.87. The Morgan fingerprint density at radius 1 is 1.50 bits per heavy atom. The number of pyridine rings is 1. The summed E-state index contributed by atoms with van der Waals surface area (Å²) in [7, 11) is 0. The van der Waals surface area contributed by atoms with Gasteiger partial charge in [-0.3, -0.25) is 4.98 Å². The van der Waals surface area contributed by atoms with Gasteiger partial charge in [-0.2, -0.15) is 0 Å². The summed E-state index contributed by atoms with van der Waals surface area (Å²) in [5.74, 6) is 0. The van der Waals surface area contributed by atoms with Gasteiger partial charge in [0, 0.05) is 42.8 Å². The molecule has 1 aliphatic heterocycles. The summed E-state index contributed by atoms with van der Waals surface area (Å²) in [4.78, 5) is 4.06. The van der Waals surface area contributed by atoms with E-state index in [1.54, 1.807) is 18.5 Å². The van der Waals surface area contributed by atoms with Gasteiger partial charge < -0.3 is 16.8 Å². The number of nitrogen functional groups attached to an aromatic ring is 1. The van der Waals surface area contributed by atoms with Crippen molar-refractivity contribution >= 4 is 11.3 Å². The third kappa shape index (κ3) is 1.76. The van der Waals surface area contributed by atoms with Crippen LogP contribution in [0.5, 0.6) is 0 Å². The highest BCUT2D eigenvalue weighted by atomic mass is 14.9. The van der Waals surface area contributed by atoms with E-state index in [2.05, 4.69) is 10.3 Å². The minimum Gasteiger partial charge on any atom is -0.398 e. The molecule has 0 saturated heterocycles. The highest BCUT2D eigenvalue weighted by Gasteiger charge is 2.12. The molecule has 1 aliphatic rings. The lowest BCUT2D eigenvalue weighted by Crippen LogP contribution is -2.37.